The van der Waals surface area contributed by atoms with Crippen LogP contribution >= 0.6 is 11.6 Å². The van der Waals surface area contributed by atoms with Crippen LogP contribution in [0.5, 0.6) is 0 Å². The number of ether oxygens (including phenoxy) is 1. The van der Waals surface area contributed by atoms with Crippen molar-refractivity contribution >= 4 is 21.4 Å². The van der Waals surface area contributed by atoms with Crippen molar-refractivity contribution in [3.8, 4) is 0 Å². The Balaban J connectivity index is 1.43. The maximum atomic E-state index is 14.5. The summed E-state index contributed by atoms with van der Waals surface area (Å²) in [5.41, 5.74) is -1.87. The molecule has 5 rings (SSSR count). The van der Waals surface area contributed by atoms with Crippen LogP contribution in [-0.2, 0) is 26.5 Å². The zero-order chi connectivity index (χ0) is 25.1. The average Bonchev–Trinajstić information content (AvgIpc) is 3.44. The second-order valence-electron chi connectivity index (χ2n) is 10.2. The van der Waals surface area contributed by atoms with Crippen molar-refractivity contribution in [1.82, 2.24) is 9.88 Å². The minimum atomic E-state index is -4.48. The molecule has 2 atom stereocenters. The number of nitrogens with zero attached hydrogens (tertiary/aromatic N) is 2. The van der Waals surface area contributed by atoms with Crippen LogP contribution in [0.2, 0.25) is 5.02 Å². The minimum absolute atomic E-state index is 0.0429. The van der Waals surface area contributed by atoms with Crippen molar-refractivity contribution in [3.63, 3.8) is 0 Å². The lowest BCUT2D eigenvalue weighted by atomic mass is 9.63. The number of hydrogen-bond acceptors (Lipinski definition) is 5. The summed E-state index contributed by atoms with van der Waals surface area (Å²) >= 11 is 6.06. The first-order valence-electron chi connectivity index (χ1n) is 11.8. The molecule has 2 aromatic rings. The Morgan fingerprint density at radius 1 is 1.09 bits per heavy atom. The van der Waals surface area contributed by atoms with Gasteiger partial charge in [-0.25, -0.2) is 8.42 Å². The molecule has 0 N–H and O–H groups in total. The monoisotopic (exact) mass is 528 g/mol. The van der Waals surface area contributed by atoms with Crippen LogP contribution < -0.4 is 0 Å². The maximum Gasteiger partial charge on any atom is 0.418 e. The van der Waals surface area contributed by atoms with E-state index in [1.54, 1.807) is 6.07 Å². The fraction of sp³-hybridized carbons (Fsp3) is 0.560. The SMILES string of the molecule is CS(=O)(=O)c1ccc(CC[C@@]2(C3(C(F)(F)F)CCO3)CCN(C3(c4ccc(Cl)cc4)CC3)C2)nc1. The maximum absolute atomic E-state index is 14.5. The predicted octanol–water partition coefficient (Wildman–Crippen LogP) is 5.17. The summed E-state index contributed by atoms with van der Waals surface area (Å²) in [6, 6.07) is 10.7. The Bertz CT molecular complexity index is 1190. The van der Waals surface area contributed by atoms with Crippen molar-refractivity contribution in [3.05, 3.63) is 58.9 Å². The lowest BCUT2D eigenvalue weighted by molar-refractivity contribution is -0.366. The summed E-state index contributed by atoms with van der Waals surface area (Å²) in [4.78, 5) is 6.54. The molecule has 3 aliphatic rings. The van der Waals surface area contributed by atoms with E-state index in [4.69, 9.17) is 16.3 Å². The summed E-state index contributed by atoms with van der Waals surface area (Å²) in [6.45, 7) is 0.950. The van der Waals surface area contributed by atoms with Crippen LogP contribution in [0.15, 0.2) is 47.5 Å². The van der Waals surface area contributed by atoms with Crippen LogP contribution in [0.25, 0.3) is 0 Å². The van der Waals surface area contributed by atoms with E-state index in [2.05, 4.69) is 9.88 Å². The molecule has 1 aromatic heterocycles. The average molecular weight is 529 g/mol. The number of alkyl halides is 3. The largest absolute Gasteiger partial charge is 0.418 e. The highest BCUT2D eigenvalue weighted by atomic mass is 35.5. The molecule has 2 saturated heterocycles. The predicted molar refractivity (Wildman–Crippen MR) is 126 cm³/mol. The molecule has 190 valence electrons. The number of aryl methyl sites for hydroxylation is 1. The van der Waals surface area contributed by atoms with Crippen LogP contribution in [0.4, 0.5) is 13.2 Å². The molecular weight excluding hydrogens is 501 g/mol. The number of pyridine rings is 1. The minimum Gasteiger partial charge on any atom is -0.365 e. The Morgan fingerprint density at radius 2 is 1.77 bits per heavy atom. The summed E-state index contributed by atoms with van der Waals surface area (Å²) in [6.07, 6.45) is 0.600. The summed E-state index contributed by atoms with van der Waals surface area (Å²) in [5, 5.41) is 0.633. The summed E-state index contributed by atoms with van der Waals surface area (Å²) in [7, 11) is -3.39. The highest BCUT2D eigenvalue weighted by Crippen LogP contribution is 2.62. The third-order valence-corrected chi connectivity index (χ3v) is 9.62. The fourth-order valence-corrected chi connectivity index (χ4v) is 6.72. The van der Waals surface area contributed by atoms with E-state index in [0.29, 0.717) is 30.1 Å². The fourth-order valence-electron chi connectivity index (χ4n) is 6.03. The Morgan fingerprint density at radius 3 is 2.26 bits per heavy atom. The van der Waals surface area contributed by atoms with Gasteiger partial charge in [0.05, 0.1) is 11.5 Å². The Hall–Kier alpha value is -1.68. The van der Waals surface area contributed by atoms with E-state index >= 15 is 0 Å². The van der Waals surface area contributed by atoms with Crippen molar-refractivity contribution in [2.24, 2.45) is 5.41 Å². The van der Waals surface area contributed by atoms with Gasteiger partial charge in [-0.05, 0) is 68.5 Å². The number of benzene rings is 1. The van der Waals surface area contributed by atoms with Gasteiger partial charge in [-0.3, -0.25) is 9.88 Å². The van der Waals surface area contributed by atoms with Gasteiger partial charge in [-0.1, -0.05) is 23.7 Å². The van der Waals surface area contributed by atoms with Gasteiger partial charge in [0, 0.05) is 47.1 Å². The molecule has 1 unspecified atom stereocenters. The first-order valence-corrected chi connectivity index (χ1v) is 14.0. The number of halogens is 4. The molecule has 1 aliphatic carbocycles. The molecule has 3 fully saturated rings. The van der Waals surface area contributed by atoms with Crippen molar-refractivity contribution in [1.29, 1.82) is 0 Å². The van der Waals surface area contributed by atoms with Gasteiger partial charge in [0.15, 0.2) is 15.4 Å². The smallest absolute Gasteiger partial charge is 0.365 e. The van der Waals surface area contributed by atoms with Crippen molar-refractivity contribution in [2.75, 3.05) is 26.0 Å². The van der Waals surface area contributed by atoms with Gasteiger partial charge in [0.25, 0.3) is 0 Å². The molecule has 35 heavy (non-hydrogen) atoms. The lowest BCUT2D eigenvalue weighted by Crippen LogP contribution is -2.67. The lowest BCUT2D eigenvalue weighted by Gasteiger charge is -2.54. The molecule has 2 aliphatic heterocycles. The number of rotatable bonds is 7. The molecule has 10 heteroatoms. The van der Waals surface area contributed by atoms with Gasteiger partial charge in [0.1, 0.15) is 0 Å². The number of aromatic nitrogens is 1. The Labute approximate surface area is 208 Å². The van der Waals surface area contributed by atoms with Gasteiger partial charge < -0.3 is 4.74 Å². The Kier molecular flexibility index (Phi) is 6.02. The van der Waals surface area contributed by atoms with Crippen LogP contribution in [0.1, 0.15) is 43.4 Å². The summed E-state index contributed by atoms with van der Waals surface area (Å²) in [5.74, 6) is 0. The summed E-state index contributed by atoms with van der Waals surface area (Å²) < 4.78 is 72.5. The molecule has 0 radical (unpaired) electrons. The van der Waals surface area contributed by atoms with E-state index in [9.17, 15) is 21.6 Å². The van der Waals surface area contributed by atoms with Crippen molar-refractivity contribution < 1.29 is 26.3 Å². The first kappa shape index (κ1) is 25.0. The second-order valence-corrected chi connectivity index (χ2v) is 12.6. The molecule has 0 spiro atoms. The quantitative estimate of drug-likeness (QED) is 0.496. The topological polar surface area (TPSA) is 59.5 Å². The normalized spacial score (nSPS) is 28.6. The molecule has 0 amide bonds. The standard InChI is InChI=1S/C25H28ClF3N2O3S/c1-35(32,33)21-7-6-20(30-16-21)8-9-22(24(13-15-34-24)25(27,28)29)12-14-31(17-22)23(10-11-23)18-2-4-19(26)5-3-18/h2-7,16H,8-15,17H2,1H3/t22-,24?/m1/s1. The van der Waals surface area contributed by atoms with Gasteiger partial charge in [-0.15, -0.1) is 0 Å². The molecule has 0 bridgehead atoms. The molecular formula is C25H28ClF3N2O3S. The van der Waals surface area contributed by atoms with E-state index in [0.717, 1.165) is 24.7 Å². The van der Waals surface area contributed by atoms with E-state index in [-0.39, 0.29) is 36.4 Å². The first-order chi connectivity index (χ1) is 16.4. The van der Waals surface area contributed by atoms with Gasteiger partial charge >= 0.3 is 6.18 Å². The molecule has 5 nitrogen and oxygen atoms in total. The van der Waals surface area contributed by atoms with E-state index < -0.39 is 27.0 Å². The number of sulfone groups is 1. The highest BCUT2D eigenvalue weighted by Gasteiger charge is 2.72. The number of likely N-dealkylation sites (tertiary alicyclic amines) is 1. The van der Waals surface area contributed by atoms with Gasteiger partial charge in [-0.2, -0.15) is 13.2 Å². The van der Waals surface area contributed by atoms with Gasteiger partial charge in [0.2, 0.25) is 0 Å². The highest BCUT2D eigenvalue weighted by molar-refractivity contribution is 7.90. The van der Waals surface area contributed by atoms with Crippen molar-refractivity contribution in [2.45, 2.75) is 60.7 Å². The van der Waals surface area contributed by atoms with E-state index in [1.807, 2.05) is 24.3 Å². The molecule has 1 saturated carbocycles. The molecule has 1 aromatic carbocycles. The molecule has 3 heterocycles. The van der Waals surface area contributed by atoms with E-state index in [1.165, 1.54) is 12.3 Å². The van der Waals surface area contributed by atoms with Crippen LogP contribution in [-0.4, -0.2) is 56.0 Å². The second kappa shape index (κ2) is 8.43. The zero-order valence-corrected chi connectivity index (χ0v) is 21.0. The third kappa shape index (κ3) is 4.18. The third-order valence-electron chi connectivity index (χ3n) is 8.27. The number of hydrogen-bond donors (Lipinski definition) is 0. The van der Waals surface area contributed by atoms with Crippen LogP contribution in [0.3, 0.4) is 0 Å². The zero-order valence-electron chi connectivity index (χ0n) is 19.4. The van der Waals surface area contributed by atoms with Crippen LogP contribution in [0, 0.1) is 5.41 Å².